The van der Waals surface area contributed by atoms with Crippen molar-refractivity contribution in [1.82, 2.24) is 4.98 Å². The number of aromatic nitrogens is 1. The van der Waals surface area contributed by atoms with E-state index in [1.165, 1.54) is 6.20 Å². The fourth-order valence-electron chi connectivity index (χ4n) is 1.16. The van der Waals surface area contributed by atoms with Gasteiger partial charge in [-0.05, 0) is 33.7 Å². The molecule has 0 aliphatic rings. The molecule has 14 heavy (non-hydrogen) atoms. The minimum Gasteiger partial charge on any atom is -0.392 e. The lowest BCUT2D eigenvalue weighted by atomic mass is 10.1. The lowest BCUT2D eigenvalue weighted by molar-refractivity contribution is 0.145. The summed E-state index contributed by atoms with van der Waals surface area (Å²) in [4.78, 5) is 3.80. The normalized spacial score (nSPS) is 11.0. The molecule has 0 spiro atoms. The summed E-state index contributed by atoms with van der Waals surface area (Å²) >= 11 is 1.71. The van der Waals surface area contributed by atoms with E-state index in [1.807, 2.05) is 0 Å². The quantitative estimate of drug-likeness (QED) is 0.658. The van der Waals surface area contributed by atoms with E-state index >= 15 is 0 Å². The van der Waals surface area contributed by atoms with Gasteiger partial charge in [-0.3, -0.25) is 0 Å². The molecule has 3 N–H and O–H groups in total. The Balaban J connectivity index is 3.35. The van der Waals surface area contributed by atoms with E-state index in [9.17, 15) is 8.78 Å². The Bertz CT molecular complexity index is 333. The van der Waals surface area contributed by atoms with Gasteiger partial charge in [0.2, 0.25) is 0 Å². The van der Waals surface area contributed by atoms with Crippen molar-refractivity contribution in [2.75, 3.05) is 0 Å². The molecular weight excluding hydrogens is 305 g/mol. The van der Waals surface area contributed by atoms with Crippen LogP contribution in [0.5, 0.6) is 0 Å². The Morgan fingerprint density at radius 3 is 2.64 bits per heavy atom. The molecule has 1 aromatic heterocycles. The molecule has 0 radical (unpaired) electrons. The van der Waals surface area contributed by atoms with Gasteiger partial charge in [0.15, 0.2) is 0 Å². The summed E-state index contributed by atoms with van der Waals surface area (Å²) in [5.74, 6) is 0. The highest BCUT2D eigenvalue weighted by molar-refractivity contribution is 14.1. The van der Waals surface area contributed by atoms with Crippen LogP contribution in [0.3, 0.4) is 0 Å². The molecule has 0 atom stereocenters. The SMILES string of the molecule is NCc1cnc(I)c(C(F)F)c1CO. The fraction of sp³-hybridized carbons (Fsp3) is 0.375. The van der Waals surface area contributed by atoms with Crippen LogP contribution < -0.4 is 5.73 Å². The first-order valence-electron chi connectivity index (χ1n) is 3.87. The molecule has 0 unspecified atom stereocenters. The van der Waals surface area contributed by atoms with Crippen molar-refractivity contribution in [3.63, 3.8) is 0 Å². The van der Waals surface area contributed by atoms with Crippen LogP contribution in [0.4, 0.5) is 8.78 Å². The van der Waals surface area contributed by atoms with E-state index in [-0.39, 0.29) is 21.4 Å². The smallest absolute Gasteiger partial charge is 0.266 e. The third kappa shape index (κ3) is 2.18. The summed E-state index contributed by atoms with van der Waals surface area (Å²) in [6, 6.07) is 0. The van der Waals surface area contributed by atoms with E-state index in [4.69, 9.17) is 10.8 Å². The van der Waals surface area contributed by atoms with Crippen LogP contribution in [-0.2, 0) is 13.2 Å². The zero-order chi connectivity index (χ0) is 10.7. The largest absolute Gasteiger partial charge is 0.392 e. The van der Waals surface area contributed by atoms with E-state index in [0.29, 0.717) is 5.56 Å². The molecule has 0 aliphatic carbocycles. The molecule has 1 aromatic rings. The minimum atomic E-state index is -2.64. The molecule has 0 amide bonds. The van der Waals surface area contributed by atoms with Crippen molar-refractivity contribution in [3.8, 4) is 0 Å². The average Bonchev–Trinajstić information content (AvgIpc) is 2.16. The first-order valence-corrected chi connectivity index (χ1v) is 4.94. The number of rotatable bonds is 3. The summed E-state index contributed by atoms with van der Waals surface area (Å²) in [6.07, 6.45) is -1.22. The highest BCUT2D eigenvalue weighted by Gasteiger charge is 2.19. The molecule has 1 rings (SSSR count). The molecule has 3 nitrogen and oxygen atoms in total. The van der Waals surface area contributed by atoms with Crippen LogP contribution in [0.2, 0.25) is 0 Å². The molecule has 78 valence electrons. The van der Waals surface area contributed by atoms with E-state index < -0.39 is 13.0 Å². The number of alkyl halides is 2. The lowest BCUT2D eigenvalue weighted by Gasteiger charge is -2.12. The Kier molecular flexibility index (Phi) is 4.14. The van der Waals surface area contributed by atoms with Gasteiger partial charge in [-0.15, -0.1) is 0 Å². The minimum absolute atomic E-state index is 0.0968. The topological polar surface area (TPSA) is 59.1 Å². The lowest BCUT2D eigenvalue weighted by Crippen LogP contribution is -2.09. The Hall–Kier alpha value is -0.340. The summed E-state index contributed by atoms with van der Waals surface area (Å²) in [7, 11) is 0. The summed E-state index contributed by atoms with van der Waals surface area (Å²) in [5.41, 5.74) is 5.79. The standard InChI is InChI=1S/C8H9F2IN2O/c9-7(10)6-5(3-14)4(1-12)2-13-8(6)11/h2,7,14H,1,3,12H2. The number of halogens is 3. The van der Waals surface area contributed by atoms with Crippen molar-refractivity contribution < 1.29 is 13.9 Å². The van der Waals surface area contributed by atoms with Gasteiger partial charge in [-0.2, -0.15) is 0 Å². The fourth-order valence-corrected chi connectivity index (χ4v) is 1.86. The van der Waals surface area contributed by atoms with E-state index in [0.717, 1.165) is 0 Å². The Labute approximate surface area is 93.5 Å². The number of aliphatic hydroxyl groups excluding tert-OH is 1. The second-order valence-corrected chi connectivity index (χ2v) is 3.65. The van der Waals surface area contributed by atoms with Crippen molar-refractivity contribution in [3.05, 3.63) is 26.6 Å². The first-order chi connectivity index (χ1) is 6.61. The van der Waals surface area contributed by atoms with Gasteiger partial charge < -0.3 is 10.8 Å². The maximum Gasteiger partial charge on any atom is 0.266 e. The third-order valence-corrected chi connectivity index (χ3v) is 2.72. The second kappa shape index (κ2) is 4.94. The van der Waals surface area contributed by atoms with E-state index in [2.05, 4.69) is 4.98 Å². The average molecular weight is 314 g/mol. The van der Waals surface area contributed by atoms with Gasteiger partial charge in [0, 0.05) is 12.7 Å². The van der Waals surface area contributed by atoms with Crippen LogP contribution >= 0.6 is 22.6 Å². The highest BCUT2D eigenvalue weighted by atomic mass is 127. The molecule has 6 heteroatoms. The van der Waals surface area contributed by atoms with Crippen molar-refractivity contribution in [1.29, 1.82) is 0 Å². The zero-order valence-corrected chi connectivity index (χ0v) is 9.33. The maximum absolute atomic E-state index is 12.6. The number of hydrogen-bond donors (Lipinski definition) is 2. The van der Waals surface area contributed by atoms with Gasteiger partial charge in [-0.25, -0.2) is 13.8 Å². The molecule has 0 fully saturated rings. The number of pyridine rings is 1. The van der Waals surface area contributed by atoms with Gasteiger partial charge in [0.1, 0.15) is 3.70 Å². The predicted octanol–water partition coefficient (Wildman–Crippen LogP) is 1.57. The molecule has 0 aromatic carbocycles. The van der Waals surface area contributed by atoms with Gasteiger partial charge >= 0.3 is 0 Å². The van der Waals surface area contributed by atoms with Gasteiger partial charge in [-0.1, -0.05) is 0 Å². The monoisotopic (exact) mass is 314 g/mol. The second-order valence-electron chi connectivity index (χ2n) is 2.63. The maximum atomic E-state index is 12.6. The van der Waals surface area contributed by atoms with Crippen LogP contribution in [0.1, 0.15) is 23.1 Å². The molecule has 0 saturated carbocycles. The van der Waals surface area contributed by atoms with E-state index in [1.54, 1.807) is 22.6 Å². The number of nitrogens with zero attached hydrogens (tertiary/aromatic N) is 1. The third-order valence-electron chi connectivity index (χ3n) is 1.86. The van der Waals surface area contributed by atoms with Crippen LogP contribution in [-0.4, -0.2) is 10.1 Å². The number of aliphatic hydroxyl groups is 1. The number of nitrogens with two attached hydrogens (primary N) is 1. The van der Waals surface area contributed by atoms with Gasteiger partial charge in [0.05, 0.1) is 12.2 Å². The molecular formula is C8H9F2IN2O. The van der Waals surface area contributed by atoms with Gasteiger partial charge in [0.25, 0.3) is 6.43 Å². The van der Waals surface area contributed by atoms with Crippen molar-refractivity contribution in [2.24, 2.45) is 5.73 Å². The molecule has 0 aliphatic heterocycles. The predicted molar refractivity (Wildman–Crippen MR) is 55.7 cm³/mol. The van der Waals surface area contributed by atoms with Crippen LogP contribution in [0.25, 0.3) is 0 Å². The zero-order valence-electron chi connectivity index (χ0n) is 7.17. The summed E-state index contributed by atoms with van der Waals surface area (Å²) in [5, 5.41) is 8.98. The highest BCUT2D eigenvalue weighted by Crippen LogP contribution is 2.28. The van der Waals surface area contributed by atoms with Crippen LogP contribution in [0, 0.1) is 3.70 Å². The molecule has 0 saturated heterocycles. The van der Waals surface area contributed by atoms with Crippen molar-refractivity contribution >= 4 is 22.6 Å². The molecule has 1 heterocycles. The van der Waals surface area contributed by atoms with Crippen LogP contribution in [0.15, 0.2) is 6.20 Å². The molecule has 0 bridgehead atoms. The Morgan fingerprint density at radius 2 is 2.21 bits per heavy atom. The number of hydrogen-bond acceptors (Lipinski definition) is 3. The van der Waals surface area contributed by atoms with Crippen molar-refractivity contribution in [2.45, 2.75) is 19.6 Å². The Morgan fingerprint density at radius 1 is 1.57 bits per heavy atom. The summed E-state index contributed by atoms with van der Waals surface area (Å²) < 4.78 is 25.4. The summed E-state index contributed by atoms with van der Waals surface area (Å²) in [6.45, 7) is -0.343. The first kappa shape index (κ1) is 11.7.